The lowest BCUT2D eigenvalue weighted by Gasteiger charge is -2.33. The SMILES string of the molecule is O=C(O)C[C@@H](NC(=O)OCc1ccccc1)N(c1ccccc1)c1ccccc1. The highest BCUT2D eigenvalue weighted by Crippen LogP contribution is 2.28. The zero-order chi connectivity index (χ0) is 20.5. The van der Waals surface area contributed by atoms with Gasteiger partial charge in [0.1, 0.15) is 12.8 Å². The van der Waals surface area contributed by atoms with Crippen LogP contribution in [0.2, 0.25) is 0 Å². The minimum Gasteiger partial charge on any atom is -0.481 e. The van der Waals surface area contributed by atoms with Crippen LogP contribution in [0.5, 0.6) is 0 Å². The molecule has 1 atom stereocenters. The molecule has 0 heterocycles. The molecule has 0 saturated carbocycles. The van der Waals surface area contributed by atoms with Crippen molar-refractivity contribution >= 4 is 23.4 Å². The lowest BCUT2D eigenvalue weighted by atomic mass is 10.2. The van der Waals surface area contributed by atoms with Crippen molar-refractivity contribution in [3.63, 3.8) is 0 Å². The van der Waals surface area contributed by atoms with Crippen LogP contribution in [0, 0.1) is 0 Å². The van der Waals surface area contributed by atoms with Crippen LogP contribution in [0.25, 0.3) is 0 Å². The van der Waals surface area contributed by atoms with Crippen molar-refractivity contribution in [1.82, 2.24) is 5.32 Å². The van der Waals surface area contributed by atoms with E-state index in [1.54, 1.807) is 4.90 Å². The number of aliphatic carboxylic acids is 1. The van der Waals surface area contributed by atoms with E-state index in [-0.39, 0.29) is 13.0 Å². The molecule has 0 aliphatic rings. The molecule has 0 unspecified atom stereocenters. The van der Waals surface area contributed by atoms with Gasteiger partial charge in [0.25, 0.3) is 0 Å². The monoisotopic (exact) mass is 390 g/mol. The molecule has 2 N–H and O–H groups in total. The van der Waals surface area contributed by atoms with E-state index in [1.165, 1.54) is 0 Å². The molecule has 0 aliphatic heterocycles. The quantitative estimate of drug-likeness (QED) is 0.552. The van der Waals surface area contributed by atoms with Crippen LogP contribution in [0.3, 0.4) is 0 Å². The van der Waals surface area contributed by atoms with Crippen LogP contribution >= 0.6 is 0 Å². The van der Waals surface area contributed by atoms with E-state index in [1.807, 2.05) is 91.0 Å². The van der Waals surface area contributed by atoms with Crippen molar-refractivity contribution in [3.05, 3.63) is 96.6 Å². The van der Waals surface area contributed by atoms with Crippen LogP contribution in [-0.4, -0.2) is 23.3 Å². The van der Waals surface area contributed by atoms with E-state index < -0.39 is 18.2 Å². The van der Waals surface area contributed by atoms with Gasteiger partial charge in [0.15, 0.2) is 0 Å². The molecular weight excluding hydrogens is 368 g/mol. The maximum absolute atomic E-state index is 12.4. The number of carboxylic acids is 1. The zero-order valence-electron chi connectivity index (χ0n) is 15.8. The molecule has 0 aromatic heterocycles. The Morgan fingerprint density at radius 1 is 0.828 bits per heavy atom. The number of hydrogen-bond acceptors (Lipinski definition) is 4. The molecule has 0 radical (unpaired) electrons. The largest absolute Gasteiger partial charge is 0.481 e. The van der Waals surface area contributed by atoms with E-state index in [4.69, 9.17) is 4.74 Å². The highest BCUT2D eigenvalue weighted by molar-refractivity contribution is 5.75. The average molecular weight is 390 g/mol. The van der Waals surface area contributed by atoms with Crippen molar-refractivity contribution in [1.29, 1.82) is 0 Å². The third kappa shape index (κ3) is 5.84. The summed E-state index contributed by atoms with van der Waals surface area (Å²) in [6.07, 6.45) is -1.82. The van der Waals surface area contributed by atoms with Gasteiger partial charge in [0.2, 0.25) is 0 Å². The van der Waals surface area contributed by atoms with Gasteiger partial charge in [0.05, 0.1) is 6.42 Å². The molecule has 0 aliphatic carbocycles. The van der Waals surface area contributed by atoms with Gasteiger partial charge in [-0.2, -0.15) is 0 Å². The summed E-state index contributed by atoms with van der Waals surface area (Å²) in [5.41, 5.74) is 2.36. The van der Waals surface area contributed by atoms with Gasteiger partial charge in [-0.1, -0.05) is 66.7 Å². The Hall–Kier alpha value is -3.80. The summed E-state index contributed by atoms with van der Waals surface area (Å²) in [4.78, 5) is 25.7. The Bertz CT molecular complexity index is 878. The predicted molar refractivity (Wildman–Crippen MR) is 111 cm³/mol. The molecule has 3 aromatic rings. The van der Waals surface area contributed by atoms with Gasteiger partial charge in [-0.05, 0) is 29.8 Å². The number of nitrogens with zero attached hydrogens (tertiary/aromatic N) is 1. The predicted octanol–water partition coefficient (Wildman–Crippen LogP) is 4.55. The Balaban J connectivity index is 1.82. The van der Waals surface area contributed by atoms with Crippen molar-refractivity contribution in [2.45, 2.75) is 19.2 Å². The Morgan fingerprint density at radius 3 is 1.79 bits per heavy atom. The van der Waals surface area contributed by atoms with Gasteiger partial charge in [0, 0.05) is 11.4 Å². The standard InChI is InChI=1S/C23H22N2O4/c26-22(27)16-21(24-23(28)29-17-18-10-4-1-5-11-18)25(19-12-6-2-7-13-19)20-14-8-3-9-15-20/h1-15,21H,16-17H2,(H,24,28)(H,26,27)/t21-/m0/s1. The third-order valence-corrected chi connectivity index (χ3v) is 4.25. The second-order valence-electron chi connectivity index (χ2n) is 6.36. The minimum absolute atomic E-state index is 0.100. The fraction of sp³-hybridized carbons (Fsp3) is 0.130. The van der Waals surface area contributed by atoms with Gasteiger partial charge in [-0.3, -0.25) is 4.79 Å². The van der Waals surface area contributed by atoms with Crippen LogP contribution in [0.15, 0.2) is 91.0 Å². The van der Waals surface area contributed by atoms with Crippen LogP contribution in [0.1, 0.15) is 12.0 Å². The summed E-state index contributed by atoms with van der Waals surface area (Å²) in [6.45, 7) is 0.100. The Labute approximate surface area is 169 Å². The molecule has 148 valence electrons. The van der Waals surface area contributed by atoms with Gasteiger partial charge in [-0.25, -0.2) is 4.79 Å². The summed E-state index contributed by atoms with van der Waals surface area (Å²) in [7, 11) is 0. The number of amides is 1. The zero-order valence-corrected chi connectivity index (χ0v) is 15.8. The number of rotatable bonds is 8. The van der Waals surface area contributed by atoms with E-state index >= 15 is 0 Å². The van der Waals surface area contributed by atoms with Crippen molar-refractivity contribution in [3.8, 4) is 0 Å². The first-order chi connectivity index (χ1) is 14.1. The second-order valence-corrected chi connectivity index (χ2v) is 6.36. The van der Waals surface area contributed by atoms with Crippen molar-refractivity contribution in [2.24, 2.45) is 0 Å². The maximum Gasteiger partial charge on any atom is 0.409 e. The van der Waals surface area contributed by atoms with Gasteiger partial charge < -0.3 is 20.1 Å². The van der Waals surface area contributed by atoms with Crippen molar-refractivity contribution in [2.75, 3.05) is 4.90 Å². The number of ether oxygens (including phenoxy) is 1. The van der Waals surface area contributed by atoms with E-state index in [0.717, 1.165) is 16.9 Å². The topological polar surface area (TPSA) is 78.9 Å². The number of carbonyl (C=O) groups is 2. The highest BCUT2D eigenvalue weighted by Gasteiger charge is 2.25. The van der Waals surface area contributed by atoms with Gasteiger partial charge >= 0.3 is 12.1 Å². The minimum atomic E-state index is -1.03. The molecule has 6 nitrogen and oxygen atoms in total. The molecule has 29 heavy (non-hydrogen) atoms. The fourth-order valence-corrected chi connectivity index (χ4v) is 2.96. The van der Waals surface area contributed by atoms with Crippen LogP contribution < -0.4 is 10.2 Å². The Morgan fingerprint density at radius 2 is 1.31 bits per heavy atom. The number of carbonyl (C=O) groups excluding carboxylic acids is 1. The van der Waals surface area contributed by atoms with Crippen LogP contribution in [-0.2, 0) is 16.1 Å². The molecule has 0 fully saturated rings. The lowest BCUT2D eigenvalue weighted by Crippen LogP contribution is -2.47. The van der Waals surface area contributed by atoms with Crippen molar-refractivity contribution < 1.29 is 19.4 Å². The van der Waals surface area contributed by atoms with E-state index in [9.17, 15) is 14.7 Å². The number of hydrogen-bond donors (Lipinski definition) is 2. The van der Waals surface area contributed by atoms with Crippen LogP contribution in [0.4, 0.5) is 16.2 Å². The maximum atomic E-state index is 12.4. The summed E-state index contributed by atoms with van der Waals surface area (Å²) in [5, 5.41) is 12.1. The summed E-state index contributed by atoms with van der Waals surface area (Å²) >= 11 is 0. The second kappa shape index (κ2) is 9.94. The summed E-state index contributed by atoms with van der Waals surface area (Å²) < 4.78 is 5.29. The number of carboxylic acid groups (broad SMARTS) is 1. The third-order valence-electron chi connectivity index (χ3n) is 4.25. The fourth-order valence-electron chi connectivity index (χ4n) is 2.96. The molecule has 6 heteroatoms. The number of alkyl carbamates (subject to hydrolysis) is 1. The molecule has 1 amide bonds. The number of anilines is 2. The first-order valence-electron chi connectivity index (χ1n) is 9.22. The van der Waals surface area contributed by atoms with Gasteiger partial charge in [-0.15, -0.1) is 0 Å². The van der Waals surface area contributed by atoms with E-state index in [0.29, 0.717) is 0 Å². The first kappa shape index (κ1) is 19.9. The molecule has 0 spiro atoms. The molecule has 3 rings (SSSR count). The van der Waals surface area contributed by atoms with E-state index in [2.05, 4.69) is 5.32 Å². The molecule has 3 aromatic carbocycles. The first-order valence-corrected chi connectivity index (χ1v) is 9.22. The number of para-hydroxylation sites is 2. The number of nitrogens with one attached hydrogen (secondary N) is 1. The molecular formula is C23H22N2O4. The highest BCUT2D eigenvalue weighted by atomic mass is 16.5. The molecule has 0 bridgehead atoms. The summed E-state index contributed by atoms with van der Waals surface area (Å²) in [5.74, 6) is -1.03. The average Bonchev–Trinajstić information content (AvgIpc) is 2.74. The Kier molecular flexibility index (Phi) is 6.84. The smallest absolute Gasteiger partial charge is 0.409 e. The normalized spacial score (nSPS) is 11.3. The summed E-state index contributed by atoms with van der Waals surface area (Å²) in [6, 6.07) is 27.9. The number of benzene rings is 3. The lowest BCUT2D eigenvalue weighted by molar-refractivity contribution is -0.137. The molecule has 0 saturated heterocycles.